The number of hydrogen-bond donors (Lipinski definition) is 1. The highest BCUT2D eigenvalue weighted by molar-refractivity contribution is 5.66. The maximum atomic E-state index is 15.0. The van der Waals surface area contributed by atoms with Gasteiger partial charge in [0.2, 0.25) is 5.88 Å². The van der Waals surface area contributed by atoms with Gasteiger partial charge >= 0.3 is 0 Å². The predicted octanol–water partition coefficient (Wildman–Crippen LogP) is 4.96. The number of ether oxygens (including phenoxy) is 1. The average molecular weight is 461 g/mol. The van der Waals surface area contributed by atoms with Gasteiger partial charge in [0.25, 0.3) is 0 Å². The van der Waals surface area contributed by atoms with Crippen molar-refractivity contribution < 1.29 is 9.13 Å². The van der Waals surface area contributed by atoms with Crippen LogP contribution in [-0.4, -0.2) is 52.6 Å². The highest BCUT2D eigenvalue weighted by atomic mass is 19.1. The first-order chi connectivity index (χ1) is 16.5. The SMILES string of the molecule is CCN1CCN(c2ccc(Nc3ncnc(Oc4ccc5c(c4F)C=C(C)C5)c3C)nc2)CC1. The molecule has 1 N–H and O–H groups in total. The van der Waals surface area contributed by atoms with Crippen molar-refractivity contribution in [1.82, 2.24) is 19.9 Å². The number of allylic oxidation sites excluding steroid dienone is 1. The van der Waals surface area contributed by atoms with Crippen LogP contribution in [0.5, 0.6) is 11.6 Å². The van der Waals surface area contributed by atoms with Crippen LogP contribution in [0.1, 0.15) is 30.5 Å². The Kier molecular flexibility index (Phi) is 6.15. The number of rotatable bonds is 6. The first kappa shape index (κ1) is 22.3. The minimum Gasteiger partial charge on any atom is -0.435 e. The van der Waals surface area contributed by atoms with Gasteiger partial charge in [-0.1, -0.05) is 24.6 Å². The molecule has 1 aromatic carbocycles. The summed E-state index contributed by atoms with van der Waals surface area (Å²) in [7, 11) is 0. The van der Waals surface area contributed by atoms with E-state index in [1.807, 2.05) is 38.3 Å². The van der Waals surface area contributed by atoms with Crippen molar-refractivity contribution in [3.63, 3.8) is 0 Å². The Balaban J connectivity index is 1.30. The van der Waals surface area contributed by atoms with Gasteiger partial charge in [-0.25, -0.2) is 19.3 Å². The summed E-state index contributed by atoms with van der Waals surface area (Å²) in [5.74, 6) is 1.34. The van der Waals surface area contributed by atoms with Crippen LogP contribution in [0.25, 0.3) is 6.08 Å². The second-order valence-corrected chi connectivity index (χ2v) is 8.82. The zero-order valence-electron chi connectivity index (χ0n) is 19.8. The largest absolute Gasteiger partial charge is 0.435 e. The summed E-state index contributed by atoms with van der Waals surface area (Å²) in [6, 6.07) is 7.58. The fraction of sp³-hybridized carbons (Fsp3) is 0.346. The van der Waals surface area contributed by atoms with Gasteiger partial charge in [-0.15, -0.1) is 0 Å². The number of likely N-dealkylation sites (N-methyl/N-ethyl adjacent to an activating group) is 1. The van der Waals surface area contributed by atoms with Gasteiger partial charge in [0.15, 0.2) is 11.6 Å². The Morgan fingerprint density at radius 2 is 1.85 bits per heavy atom. The summed E-state index contributed by atoms with van der Waals surface area (Å²) in [5.41, 5.74) is 4.50. The second-order valence-electron chi connectivity index (χ2n) is 8.82. The molecule has 34 heavy (non-hydrogen) atoms. The topological polar surface area (TPSA) is 66.4 Å². The van der Waals surface area contributed by atoms with Crippen molar-refractivity contribution in [3.05, 3.63) is 64.9 Å². The van der Waals surface area contributed by atoms with E-state index in [4.69, 9.17) is 4.74 Å². The second kappa shape index (κ2) is 9.38. The zero-order valence-corrected chi connectivity index (χ0v) is 19.8. The molecule has 8 heteroatoms. The lowest BCUT2D eigenvalue weighted by Gasteiger charge is -2.35. The summed E-state index contributed by atoms with van der Waals surface area (Å²) in [5, 5.41) is 3.23. The monoisotopic (exact) mass is 460 g/mol. The fourth-order valence-electron chi connectivity index (χ4n) is 4.46. The summed E-state index contributed by atoms with van der Waals surface area (Å²) < 4.78 is 20.9. The Morgan fingerprint density at radius 1 is 1.03 bits per heavy atom. The van der Waals surface area contributed by atoms with E-state index >= 15 is 0 Å². The van der Waals surface area contributed by atoms with Crippen molar-refractivity contribution in [3.8, 4) is 11.6 Å². The Morgan fingerprint density at radius 3 is 2.59 bits per heavy atom. The lowest BCUT2D eigenvalue weighted by atomic mass is 10.1. The van der Waals surface area contributed by atoms with Crippen LogP contribution in [-0.2, 0) is 6.42 Å². The van der Waals surface area contributed by atoms with E-state index in [9.17, 15) is 4.39 Å². The van der Waals surface area contributed by atoms with Crippen molar-refractivity contribution in [1.29, 1.82) is 0 Å². The molecule has 0 radical (unpaired) electrons. The van der Waals surface area contributed by atoms with Crippen LogP contribution >= 0.6 is 0 Å². The Labute approximate surface area is 199 Å². The lowest BCUT2D eigenvalue weighted by molar-refractivity contribution is 0.271. The summed E-state index contributed by atoms with van der Waals surface area (Å²) >= 11 is 0. The first-order valence-electron chi connectivity index (χ1n) is 11.7. The molecule has 7 nitrogen and oxygen atoms in total. The molecule has 3 aromatic rings. The quantitative estimate of drug-likeness (QED) is 0.558. The lowest BCUT2D eigenvalue weighted by Crippen LogP contribution is -2.46. The number of benzene rings is 1. The molecule has 3 heterocycles. The molecule has 2 aromatic heterocycles. The minimum absolute atomic E-state index is 0.156. The molecule has 0 bridgehead atoms. The van der Waals surface area contributed by atoms with E-state index in [0.29, 0.717) is 28.6 Å². The maximum Gasteiger partial charge on any atom is 0.227 e. The number of nitrogens with zero attached hydrogens (tertiary/aromatic N) is 5. The van der Waals surface area contributed by atoms with Crippen molar-refractivity contribution in [2.75, 3.05) is 42.9 Å². The van der Waals surface area contributed by atoms with Crippen LogP contribution in [0, 0.1) is 12.7 Å². The zero-order chi connectivity index (χ0) is 23.7. The standard InChI is InChI=1S/C26H29FN6O/c1-4-32-9-11-33(12-10-32)20-6-8-23(28-15-20)31-25-18(3)26(30-16-29-25)34-22-7-5-19-13-17(2)14-21(19)24(22)27/h5-8,14-16H,4,9-13H2,1-3H3,(H,28,29,30,31). The van der Waals surface area contributed by atoms with Gasteiger partial charge in [0, 0.05) is 31.7 Å². The van der Waals surface area contributed by atoms with Gasteiger partial charge in [-0.2, -0.15) is 0 Å². The smallest absolute Gasteiger partial charge is 0.227 e. The molecule has 1 aliphatic carbocycles. The van der Waals surface area contributed by atoms with Crippen LogP contribution < -0.4 is 15.0 Å². The van der Waals surface area contributed by atoms with Crippen molar-refractivity contribution >= 4 is 23.4 Å². The normalized spacial score (nSPS) is 15.8. The average Bonchev–Trinajstić information content (AvgIpc) is 3.25. The van der Waals surface area contributed by atoms with E-state index in [0.717, 1.165) is 56.0 Å². The summed E-state index contributed by atoms with van der Waals surface area (Å²) in [6.45, 7) is 11.3. The molecule has 2 aliphatic rings. The molecule has 0 amide bonds. The molecule has 0 unspecified atom stereocenters. The number of hydrogen-bond acceptors (Lipinski definition) is 7. The number of pyridine rings is 1. The minimum atomic E-state index is -0.362. The highest BCUT2D eigenvalue weighted by Crippen LogP contribution is 2.35. The summed E-state index contributed by atoms with van der Waals surface area (Å²) in [6.07, 6.45) is 5.93. The third-order valence-corrected chi connectivity index (χ3v) is 6.52. The van der Waals surface area contributed by atoms with Gasteiger partial charge in [0.05, 0.1) is 17.4 Å². The Bertz CT molecular complexity index is 1220. The summed E-state index contributed by atoms with van der Waals surface area (Å²) in [4.78, 5) is 17.9. The van der Waals surface area contributed by atoms with Crippen LogP contribution in [0.3, 0.4) is 0 Å². The number of anilines is 3. The van der Waals surface area contributed by atoms with E-state index in [-0.39, 0.29) is 11.6 Å². The van der Waals surface area contributed by atoms with E-state index in [1.165, 1.54) is 6.33 Å². The number of nitrogens with one attached hydrogen (secondary N) is 1. The molecule has 5 rings (SSSR count). The molecular formula is C26H29FN6O. The van der Waals surface area contributed by atoms with E-state index < -0.39 is 0 Å². The third-order valence-electron chi connectivity index (χ3n) is 6.52. The number of piperazine rings is 1. The van der Waals surface area contributed by atoms with Gasteiger partial charge < -0.3 is 19.9 Å². The van der Waals surface area contributed by atoms with E-state index in [1.54, 1.807) is 6.07 Å². The van der Waals surface area contributed by atoms with Crippen molar-refractivity contribution in [2.24, 2.45) is 0 Å². The van der Waals surface area contributed by atoms with Crippen molar-refractivity contribution in [2.45, 2.75) is 27.2 Å². The molecule has 1 saturated heterocycles. The molecular weight excluding hydrogens is 431 g/mol. The molecule has 1 aliphatic heterocycles. The predicted molar refractivity (Wildman–Crippen MR) is 132 cm³/mol. The third kappa shape index (κ3) is 4.46. The van der Waals surface area contributed by atoms with Crippen LogP contribution in [0.4, 0.5) is 21.7 Å². The molecule has 1 fully saturated rings. The van der Waals surface area contributed by atoms with Gasteiger partial charge in [-0.3, -0.25) is 0 Å². The fourth-order valence-corrected chi connectivity index (χ4v) is 4.46. The molecule has 0 spiro atoms. The number of aromatic nitrogens is 3. The maximum absolute atomic E-state index is 15.0. The number of fused-ring (bicyclic) bond motifs is 1. The molecule has 176 valence electrons. The molecule has 0 saturated carbocycles. The molecule has 0 atom stereocenters. The van der Waals surface area contributed by atoms with Gasteiger partial charge in [0.1, 0.15) is 18.0 Å². The van der Waals surface area contributed by atoms with E-state index in [2.05, 4.69) is 43.1 Å². The van der Waals surface area contributed by atoms with Crippen LogP contribution in [0.15, 0.2) is 42.4 Å². The first-order valence-corrected chi connectivity index (χ1v) is 11.7. The Hall–Kier alpha value is -3.52. The van der Waals surface area contributed by atoms with Crippen LogP contribution in [0.2, 0.25) is 0 Å². The van der Waals surface area contributed by atoms with Gasteiger partial charge in [-0.05, 0) is 50.6 Å². The number of halogens is 1. The highest BCUT2D eigenvalue weighted by Gasteiger charge is 2.20.